The van der Waals surface area contributed by atoms with Crippen molar-refractivity contribution >= 4 is 11.6 Å². The van der Waals surface area contributed by atoms with Gasteiger partial charge in [-0.2, -0.15) is 26.3 Å². The van der Waals surface area contributed by atoms with Crippen molar-refractivity contribution in [3.8, 4) is 5.75 Å². The van der Waals surface area contributed by atoms with E-state index in [4.69, 9.17) is 0 Å². The van der Waals surface area contributed by atoms with Crippen LogP contribution in [0.3, 0.4) is 0 Å². The lowest BCUT2D eigenvalue weighted by Gasteiger charge is -2.40. The van der Waals surface area contributed by atoms with E-state index >= 15 is 0 Å². The number of halogens is 9. The molecule has 0 aromatic heterocycles. The van der Waals surface area contributed by atoms with Gasteiger partial charge in [-0.3, -0.25) is 4.79 Å². The highest BCUT2D eigenvalue weighted by Gasteiger charge is 2.72. The van der Waals surface area contributed by atoms with E-state index in [-0.39, 0.29) is 12.8 Å². The number of carbonyl (C=O) groups excluding carboxylic acids is 1. The maximum atomic E-state index is 13.6. The molecule has 0 bridgehead atoms. The van der Waals surface area contributed by atoms with Gasteiger partial charge in [0.1, 0.15) is 5.75 Å². The lowest BCUT2D eigenvalue weighted by Crippen LogP contribution is -2.72. The molecule has 2 rings (SSSR count). The molecule has 1 aliphatic carbocycles. The van der Waals surface area contributed by atoms with Crippen LogP contribution in [-0.2, 0) is 4.79 Å². The van der Waals surface area contributed by atoms with Crippen LogP contribution in [-0.4, -0.2) is 30.3 Å². The van der Waals surface area contributed by atoms with Crippen molar-refractivity contribution in [2.24, 2.45) is 5.92 Å². The zero-order valence-corrected chi connectivity index (χ0v) is 15.1. The van der Waals surface area contributed by atoms with Crippen molar-refractivity contribution in [1.82, 2.24) is 5.32 Å². The van der Waals surface area contributed by atoms with Crippen molar-refractivity contribution in [1.29, 1.82) is 0 Å². The van der Waals surface area contributed by atoms with Gasteiger partial charge in [-0.25, -0.2) is 0 Å². The molecule has 0 spiro atoms. The molecule has 170 valence electrons. The third-order valence-corrected chi connectivity index (χ3v) is 4.56. The van der Waals surface area contributed by atoms with Crippen LogP contribution < -0.4 is 15.4 Å². The zero-order chi connectivity index (χ0) is 22.8. The number of ether oxygens (including phenoxy) is 1. The molecule has 0 atom stereocenters. The summed E-state index contributed by atoms with van der Waals surface area (Å²) in [6.07, 6.45) is -15.1. The number of carbonyl (C=O) groups is 1. The molecular formula is C17H17F9N2O2. The Kier molecular flexibility index (Phi) is 6.72. The third-order valence-electron chi connectivity index (χ3n) is 4.56. The number of benzene rings is 1. The van der Waals surface area contributed by atoms with Crippen LogP contribution in [0.4, 0.5) is 45.2 Å². The largest absolute Gasteiger partial charge is 0.573 e. The van der Waals surface area contributed by atoms with E-state index < -0.39 is 47.6 Å². The van der Waals surface area contributed by atoms with Gasteiger partial charge in [0.05, 0.1) is 0 Å². The van der Waals surface area contributed by atoms with Gasteiger partial charge in [0.15, 0.2) is 0 Å². The number of nitrogens with one attached hydrogen (secondary N) is 2. The second-order valence-corrected chi connectivity index (χ2v) is 6.77. The van der Waals surface area contributed by atoms with Gasteiger partial charge in [0, 0.05) is 11.6 Å². The Bertz CT molecular complexity index is 707. The predicted molar refractivity (Wildman–Crippen MR) is 86.3 cm³/mol. The second kappa shape index (κ2) is 8.42. The van der Waals surface area contributed by atoms with Crippen molar-refractivity contribution in [3.05, 3.63) is 24.3 Å². The van der Waals surface area contributed by atoms with Gasteiger partial charge in [0.2, 0.25) is 5.91 Å². The SMILES string of the molecule is O=C(NC(Nc1ccc(OC(F)(F)F)cc1)(C(F)(F)F)C(F)(F)F)C1CCCCC1. The van der Waals surface area contributed by atoms with E-state index in [0.29, 0.717) is 37.1 Å². The number of rotatable bonds is 5. The van der Waals surface area contributed by atoms with Crippen LogP contribution in [0.5, 0.6) is 5.75 Å². The van der Waals surface area contributed by atoms with Crippen molar-refractivity contribution in [2.75, 3.05) is 5.32 Å². The average molecular weight is 452 g/mol. The average Bonchev–Trinajstić information content (AvgIpc) is 2.60. The van der Waals surface area contributed by atoms with Crippen LogP contribution in [0.2, 0.25) is 0 Å². The van der Waals surface area contributed by atoms with Gasteiger partial charge in [-0.05, 0) is 37.1 Å². The molecule has 0 saturated heterocycles. The monoisotopic (exact) mass is 452 g/mol. The first kappa shape index (κ1) is 23.9. The molecule has 0 unspecified atom stereocenters. The van der Waals surface area contributed by atoms with E-state index in [9.17, 15) is 44.3 Å². The zero-order valence-electron chi connectivity index (χ0n) is 15.1. The molecule has 30 heavy (non-hydrogen) atoms. The van der Waals surface area contributed by atoms with Crippen LogP contribution in [0, 0.1) is 5.92 Å². The fraction of sp³-hybridized carbons (Fsp3) is 0.588. The fourth-order valence-electron chi connectivity index (χ4n) is 3.08. The van der Waals surface area contributed by atoms with Gasteiger partial charge in [0.25, 0.3) is 0 Å². The molecular weight excluding hydrogens is 435 g/mol. The molecule has 1 amide bonds. The van der Waals surface area contributed by atoms with Crippen molar-refractivity contribution < 1.29 is 49.0 Å². The second-order valence-electron chi connectivity index (χ2n) is 6.77. The summed E-state index contributed by atoms with van der Waals surface area (Å²) in [4.78, 5) is 12.2. The lowest BCUT2D eigenvalue weighted by molar-refractivity contribution is -0.296. The maximum Gasteiger partial charge on any atom is 0.573 e. The normalized spacial score (nSPS) is 16.8. The first-order valence-electron chi connectivity index (χ1n) is 8.74. The molecule has 0 heterocycles. The minimum absolute atomic E-state index is 0.154. The fourth-order valence-corrected chi connectivity index (χ4v) is 3.08. The lowest BCUT2D eigenvalue weighted by atomic mass is 9.88. The highest BCUT2D eigenvalue weighted by molar-refractivity contribution is 5.80. The Morgan fingerprint density at radius 1 is 0.833 bits per heavy atom. The highest BCUT2D eigenvalue weighted by Crippen LogP contribution is 2.44. The van der Waals surface area contributed by atoms with E-state index in [1.807, 2.05) is 0 Å². The van der Waals surface area contributed by atoms with Gasteiger partial charge >= 0.3 is 24.4 Å². The minimum Gasteiger partial charge on any atom is -0.406 e. The minimum atomic E-state index is -6.02. The number of amides is 1. The standard InChI is InChI=1S/C17H17F9N2O2/c18-15(19,20)14(16(21,22)23,28-13(29)10-4-2-1-3-5-10)27-11-6-8-12(9-7-11)30-17(24,25)26/h6-10,27H,1-5H2,(H,28,29). The van der Waals surface area contributed by atoms with Gasteiger partial charge in [-0.1, -0.05) is 19.3 Å². The van der Waals surface area contributed by atoms with Crippen LogP contribution in [0.15, 0.2) is 24.3 Å². The van der Waals surface area contributed by atoms with Crippen LogP contribution >= 0.6 is 0 Å². The first-order valence-corrected chi connectivity index (χ1v) is 8.74. The number of anilines is 1. The van der Waals surface area contributed by atoms with Crippen LogP contribution in [0.25, 0.3) is 0 Å². The Labute approximate surface area is 164 Å². The quantitative estimate of drug-likeness (QED) is 0.457. The Morgan fingerprint density at radius 3 is 1.77 bits per heavy atom. The molecule has 0 radical (unpaired) electrons. The number of hydrogen-bond donors (Lipinski definition) is 2. The Morgan fingerprint density at radius 2 is 1.33 bits per heavy atom. The molecule has 1 aliphatic rings. The molecule has 1 aromatic carbocycles. The molecule has 2 N–H and O–H groups in total. The summed E-state index contributed by atoms with van der Waals surface area (Å²) >= 11 is 0. The summed E-state index contributed by atoms with van der Waals surface area (Å²) in [5.74, 6) is -3.26. The topological polar surface area (TPSA) is 50.4 Å². The van der Waals surface area contributed by atoms with E-state index in [0.717, 1.165) is 11.7 Å². The summed E-state index contributed by atoms with van der Waals surface area (Å²) in [6.45, 7) is 0. The molecule has 0 aliphatic heterocycles. The number of alkyl halides is 9. The summed E-state index contributed by atoms with van der Waals surface area (Å²) in [7, 11) is 0. The van der Waals surface area contributed by atoms with E-state index in [2.05, 4.69) is 4.74 Å². The maximum absolute atomic E-state index is 13.6. The summed E-state index contributed by atoms with van der Waals surface area (Å²) in [6, 6.07) is 2.16. The third kappa shape index (κ3) is 5.63. The summed E-state index contributed by atoms with van der Waals surface area (Å²) in [5.41, 5.74) is -5.66. The Balaban J connectivity index is 2.34. The summed E-state index contributed by atoms with van der Waals surface area (Å²) < 4.78 is 122. The molecule has 4 nitrogen and oxygen atoms in total. The molecule has 1 fully saturated rings. The highest BCUT2D eigenvalue weighted by atomic mass is 19.4. The molecule has 1 saturated carbocycles. The van der Waals surface area contributed by atoms with E-state index in [1.165, 1.54) is 5.32 Å². The van der Waals surface area contributed by atoms with Crippen molar-refractivity contribution in [2.45, 2.75) is 56.5 Å². The summed E-state index contributed by atoms with van der Waals surface area (Å²) in [5, 5.41) is 2.28. The van der Waals surface area contributed by atoms with E-state index in [1.54, 1.807) is 0 Å². The van der Waals surface area contributed by atoms with Gasteiger partial charge < -0.3 is 15.4 Å². The Hall–Kier alpha value is -2.34. The van der Waals surface area contributed by atoms with Crippen molar-refractivity contribution in [3.63, 3.8) is 0 Å². The first-order chi connectivity index (χ1) is 13.6. The van der Waals surface area contributed by atoms with Gasteiger partial charge in [-0.15, -0.1) is 13.2 Å². The van der Waals surface area contributed by atoms with Crippen LogP contribution in [0.1, 0.15) is 32.1 Å². The predicted octanol–water partition coefficient (Wildman–Crippen LogP) is 5.51. The molecule has 13 heteroatoms. The smallest absolute Gasteiger partial charge is 0.406 e. The molecule has 1 aromatic rings. The number of hydrogen-bond acceptors (Lipinski definition) is 3.